The van der Waals surface area contributed by atoms with Crippen LogP contribution in [0.2, 0.25) is 0 Å². The van der Waals surface area contributed by atoms with Crippen molar-refractivity contribution in [3.05, 3.63) is 45.3 Å². The summed E-state index contributed by atoms with van der Waals surface area (Å²) in [6.45, 7) is 7.34. The molecule has 0 saturated carbocycles. The summed E-state index contributed by atoms with van der Waals surface area (Å²) in [5.41, 5.74) is 7.95. The summed E-state index contributed by atoms with van der Waals surface area (Å²) in [7, 11) is 0. The number of nitrogens with two attached hydrogens (primary N) is 1. The van der Waals surface area contributed by atoms with Gasteiger partial charge in [0.15, 0.2) is 0 Å². The van der Waals surface area contributed by atoms with Crippen molar-refractivity contribution in [1.82, 2.24) is 4.98 Å². The van der Waals surface area contributed by atoms with Gasteiger partial charge >= 0.3 is 5.97 Å². The lowest BCUT2D eigenvalue weighted by atomic mass is 10.1. The van der Waals surface area contributed by atoms with Crippen LogP contribution in [0.5, 0.6) is 5.75 Å². The molecule has 0 bridgehead atoms. The van der Waals surface area contributed by atoms with E-state index in [0.29, 0.717) is 32.9 Å². The van der Waals surface area contributed by atoms with Gasteiger partial charge in [0.1, 0.15) is 28.6 Å². The molecule has 0 amide bonds. The number of rotatable bonds is 4. The quantitative estimate of drug-likeness (QED) is 0.476. The van der Waals surface area contributed by atoms with Crippen LogP contribution >= 0.6 is 36.2 Å². The van der Waals surface area contributed by atoms with Gasteiger partial charge in [-0.2, -0.15) is 0 Å². The number of nitrogens with zero attached hydrogens (tertiary/aromatic N) is 1. The Bertz CT molecular complexity index is 1050. The van der Waals surface area contributed by atoms with Crippen molar-refractivity contribution >= 4 is 53.1 Å². The number of benzene rings is 1. The Morgan fingerprint density at radius 1 is 1.25 bits per heavy atom. The van der Waals surface area contributed by atoms with E-state index in [0.717, 1.165) is 5.69 Å². The smallest absolute Gasteiger partial charge is 0.328 e. The molecule has 28 heavy (non-hydrogen) atoms. The number of hydrogen-bond donors (Lipinski definition) is 1. The van der Waals surface area contributed by atoms with Gasteiger partial charge in [-0.15, -0.1) is 36.2 Å². The van der Waals surface area contributed by atoms with E-state index in [1.165, 1.54) is 23.7 Å². The van der Waals surface area contributed by atoms with E-state index in [9.17, 15) is 9.59 Å². The molecule has 6 nitrogen and oxygen atoms in total. The number of halogens is 2. The minimum atomic E-state index is -0.714. The molecule has 152 valence electrons. The Balaban J connectivity index is 0.00000196. The minimum Gasteiger partial charge on any atom is -0.463 e. The van der Waals surface area contributed by atoms with Crippen LogP contribution in [0.15, 0.2) is 33.0 Å². The fourth-order valence-corrected chi connectivity index (χ4v) is 3.36. The van der Waals surface area contributed by atoms with Crippen LogP contribution < -0.4 is 15.9 Å². The number of ether oxygens (including phenoxy) is 1. The van der Waals surface area contributed by atoms with Gasteiger partial charge in [-0.05, 0) is 31.4 Å². The van der Waals surface area contributed by atoms with Gasteiger partial charge in [-0.3, -0.25) is 4.79 Å². The SMILES string of the molecule is Cc1csc(-c2coc3cc(OC(=O)C(N)C(C)C)cc(C)c3c2=O)n1.Cl.Cl. The Labute approximate surface area is 178 Å². The number of aryl methyl sites for hydroxylation is 2. The number of thiazole rings is 1. The highest BCUT2D eigenvalue weighted by Gasteiger charge is 2.21. The summed E-state index contributed by atoms with van der Waals surface area (Å²) >= 11 is 1.39. The highest BCUT2D eigenvalue weighted by atomic mass is 35.5. The third kappa shape index (κ3) is 4.72. The molecule has 1 unspecified atom stereocenters. The topological polar surface area (TPSA) is 95.4 Å². The van der Waals surface area contributed by atoms with E-state index in [1.54, 1.807) is 13.0 Å². The molecule has 2 aromatic heterocycles. The number of esters is 1. The molecule has 2 N–H and O–H groups in total. The van der Waals surface area contributed by atoms with Crippen molar-refractivity contribution in [1.29, 1.82) is 0 Å². The van der Waals surface area contributed by atoms with E-state index >= 15 is 0 Å². The van der Waals surface area contributed by atoms with Gasteiger partial charge in [-0.1, -0.05) is 13.8 Å². The lowest BCUT2D eigenvalue weighted by Gasteiger charge is -2.14. The summed E-state index contributed by atoms with van der Waals surface area (Å²) in [4.78, 5) is 29.3. The van der Waals surface area contributed by atoms with Gasteiger partial charge in [0.25, 0.3) is 0 Å². The second kappa shape index (κ2) is 9.52. The molecular formula is C19H22Cl2N2O4S. The number of hydrogen-bond acceptors (Lipinski definition) is 7. The van der Waals surface area contributed by atoms with Crippen molar-refractivity contribution in [2.75, 3.05) is 0 Å². The summed E-state index contributed by atoms with van der Waals surface area (Å²) < 4.78 is 11.0. The average Bonchev–Trinajstić information content (AvgIpc) is 3.00. The van der Waals surface area contributed by atoms with Crippen LogP contribution in [0.25, 0.3) is 21.5 Å². The van der Waals surface area contributed by atoms with Crippen LogP contribution in [-0.2, 0) is 4.79 Å². The van der Waals surface area contributed by atoms with Crippen molar-refractivity contribution in [3.8, 4) is 16.3 Å². The van der Waals surface area contributed by atoms with E-state index in [-0.39, 0.29) is 36.2 Å². The summed E-state index contributed by atoms with van der Waals surface area (Å²) in [6.07, 6.45) is 1.40. The van der Waals surface area contributed by atoms with Crippen LogP contribution in [-0.4, -0.2) is 17.0 Å². The van der Waals surface area contributed by atoms with Crippen LogP contribution in [0.4, 0.5) is 0 Å². The second-order valence-electron chi connectivity index (χ2n) is 6.58. The molecule has 0 aliphatic carbocycles. The molecule has 0 aliphatic rings. The Morgan fingerprint density at radius 2 is 1.93 bits per heavy atom. The fourth-order valence-electron chi connectivity index (χ4n) is 2.56. The lowest BCUT2D eigenvalue weighted by molar-refractivity contribution is -0.136. The molecule has 0 saturated heterocycles. The van der Waals surface area contributed by atoms with E-state index in [2.05, 4.69) is 4.98 Å². The maximum atomic E-state index is 12.9. The highest BCUT2D eigenvalue weighted by Crippen LogP contribution is 2.27. The number of carbonyl (C=O) groups excluding carboxylic acids is 1. The first-order valence-electron chi connectivity index (χ1n) is 8.24. The highest BCUT2D eigenvalue weighted by molar-refractivity contribution is 7.13. The largest absolute Gasteiger partial charge is 0.463 e. The Kier molecular flexibility index (Phi) is 8.19. The third-order valence-corrected chi connectivity index (χ3v) is 5.10. The van der Waals surface area contributed by atoms with Gasteiger partial charge in [0.05, 0.1) is 10.9 Å². The minimum absolute atomic E-state index is 0. The lowest BCUT2D eigenvalue weighted by Crippen LogP contribution is -2.38. The molecule has 1 aromatic carbocycles. The average molecular weight is 445 g/mol. The molecule has 9 heteroatoms. The molecule has 3 rings (SSSR count). The summed E-state index contributed by atoms with van der Waals surface area (Å²) in [5, 5.41) is 2.95. The third-order valence-electron chi connectivity index (χ3n) is 4.11. The standard InChI is InChI=1S/C19H20N2O4S.2ClH/c1-9(2)16(20)19(23)25-12-5-10(3)15-14(6-12)24-7-13(17(15)22)18-21-11(4)8-26-18;;/h5-9,16H,20H2,1-4H3;2*1H. The van der Waals surface area contributed by atoms with E-state index in [1.807, 2.05) is 26.2 Å². The zero-order chi connectivity index (χ0) is 19.0. The fraction of sp³-hybridized carbons (Fsp3) is 0.316. The summed E-state index contributed by atoms with van der Waals surface area (Å²) in [6, 6.07) is 2.46. The van der Waals surface area contributed by atoms with Crippen LogP contribution in [0, 0.1) is 19.8 Å². The molecule has 0 spiro atoms. The Hall–Kier alpha value is -1.93. The number of fused-ring (bicyclic) bond motifs is 1. The maximum absolute atomic E-state index is 12.9. The zero-order valence-corrected chi connectivity index (χ0v) is 18.3. The predicted octanol–water partition coefficient (Wildman–Crippen LogP) is 4.27. The summed E-state index contributed by atoms with van der Waals surface area (Å²) in [5.74, 6) is -0.251. The molecule has 0 fully saturated rings. The van der Waals surface area contributed by atoms with Gasteiger partial charge in [-0.25, -0.2) is 9.78 Å². The van der Waals surface area contributed by atoms with Gasteiger partial charge < -0.3 is 14.9 Å². The van der Waals surface area contributed by atoms with Gasteiger partial charge in [0.2, 0.25) is 5.43 Å². The first-order chi connectivity index (χ1) is 12.3. The van der Waals surface area contributed by atoms with E-state index < -0.39 is 12.0 Å². The van der Waals surface area contributed by atoms with Crippen molar-refractivity contribution < 1.29 is 13.9 Å². The van der Waals surface area contributed by atoms with Crippen LogP contribution in [0.3, 0.4) is 0 Å². The number of aromatic nitrogens is 1. The monoisotopic (exact) mass is 444 g/mol. The molecular weight excluding hydrogens is 423 g/mol. The van der Waals surface area contributed by atoms with Gasteiger partial charge in [0, 0.05) is 17.1 Å². The molecule has 3 aromatic rings. The predicted molar refractivity (Wildman–Crippen MR) is 116 cm³/mol. The normalized spacial score (nSPS) is 11.6. The first kappa shape index (κ1) is 24.1. The van der Waals surface area contributed by atoms with Crippen LogP contribution in [0.1, 0.15) is 25.1 Å². The van der Waals surface area contributed by atoms with Crippen molar-refractivity contribution in [2.45, 2.75) is 33.7 Å². The Morgan fingerprint density at radius 3 is 2.50 bits per heavy atom. The molecule has 1 atom stereocenters. The maximum Gasteiger partial charge on any atom is 0.328 e. The molecule has 0 radical (unpaired) electrons. The zero-order valence-electron chi connectivity index (χ0n) is 15.8. The van der Waals surface area contributed by atoms with E-state index in [4.69, 9.17) is 14.9 Å². The van der Waals surface area contributed by atoms with Crippen molar-refractivity contribution in [3.63, 3.8) is 0 Å². The molecule has 2 heterocycles. The van der Waals surface area contributed by atoms with Crippen molar-refractivity contribution in [2.24, 2.45) is 11.7 Å². The first-order valence-corrected chi connectivity index (χ1v) is 9.12. The molecule has 0 aliphatic heterocycles. The number of carbonyl (C=O) groups is 1. The second-order valence-corrected chi connectivity index (χ2v) is 7.43.